The third-order valence-electron chi connectivity index (χ3n) is 0. The topological polar surface area (TPSA) is 28.5 Å². The van der Waals surface area contributed by atoms with Crippen LogP contribution in [-0.4, -0.2) is 37.7 Å². The summed E-state index contributed by atoms with van der Waals surface area (Å²) in [6, 6.07) is 0. The normalized spacial score (nSPS) is 0. The zero-order valence-electron chi connectivity index (χ0n) is 2.63. The number of hydrogen-bond donors (Lipinski definition) is 0. The SMILES string of the molecule is [Ca+2].[Cl-].[Cl-].[Cl-].[Cl-].[O+2]. The van der Waals surface area contributed by atoms with Crippen LogP contribution >= 0.6 is 0 Å². The van der Waals surface area contributed by atoms with Gasteiger partial charge in [0, 0.05) is 0 Å². The van der Waals surface area contributed by atoms with E-state index in [0.29, 0.717) is 0 Å². The largest absolute Gasteiger partial charge is 2.00 e. The minimum atomic E-state index is 0. The van der Waals surface area contributed by atoms with E-state index >= 15 is 0 Å². The monoisotopic (exact) mass is 196 g/mol. The predicted molar refractivity (Wildman–Crippen MR) is 6.44 cm³/mol. The maximum absolute atomic E-state index is 0. The van der Waals surface area contributed by atoms with Crippen LogP contribution in [0.2, 0.25) is 0 Å². The standard InChI is InChI=1S/Ca.4ClH.O/h;4*1H;/q+2;;;;;+2/p-4. The molecule has 0 heterocycles. The van der Waals surface area contributed by atoms with Gasteiger partial charge in [-0.25, -0.2) is 0 Å². The van der Waals surface area contributed by atoms with E-state index in [1.807, 2.05) is 0 Å². The van der Waals surface area contributed by atoms with Crippen LogP contribution in [-0.2, 0) is 5.48 Å². The van der Waals surface area contributed by atoms with Gasteiger partial charge in [-0.1, -0.05) is 0 Å². The van der Waals surface area contributed by atoms with Crippen molar-refractivity contribution in [3.8, 4) is 0 Å². The molecule has 4 radical (unpaired) electrons. The molecule has 0 unspecified atom stereocenters. The quantitative estimate of drug-likeness (QED) is 0.346. The molecule has 6 heavy (non-hydrogen) atoms. The Kier molecular flexibility index (Phi) is 712. The summed E-state index contributed by atoms with van der Waals surface area (Å²) >= 11 is 0. The molecule has 1 nitrogen and oxygen atoms in total. The second kappa shape index (κ2) is 53.0. The van der Waals surface area contributed by atoms with Crippen molar-refractivity contribution < 1.29 is 55.1 Å². The molecule has 0 aliphatic rings. The van der Waals surface area contributed by atoms with E-state index in [-0.39, 0.29) is 92.8 Å². The van der Waals surface area contributed by atoms with Crippen molar-refractivity contribution in [2.24, 2.45) is 0 Å². The van der Waals surface area contributed by atoms with Crippen LogP contribution in [0.15, 0.2) is 0 Å². The molecule has 0 saturated heterocycles. The summed E-state index contributed by atoms with van der Waals surface area (Å²) in [6.45, 7) is 0. The zero-order valence-corrected chi connectivity index (χ0v) is 7.86. The molecular formula is CaCl4O. The third-order valence-corrected chi connectivity index (χ3v) is 0. The smallest absolute Gasteiger partial charge is 1.00 e. The van der Waals surface area contributed by atoms with Gasteiger partial charge in [-0.05, 0) is 0 Å². The van der Waals surface area contributed by atoms with Crippen LogP contribution < -0.4 is 49.6 Å². The van der Waals surface area contributed by atoms with E-state index in [2.05, 4.69) is 0 Å². The van der Waals surface area contributed by atoms with Crippen LogP contribution in [0.5, 0.6) is 0 Å². The molecule has 0 bridgehead atoms. The summed E-state index contributed by atoms with van der Waals surface area (Å²) in [4.78, 5) is 0. The van der Waals surface area contributed by atoms with Crippen LogP contribution in [0, 0.1) is 0 Å². The maximum Gasteiger partial charge on any atom is 2.00 e. The molecule has 0 rings (SSSR count). The van der Waals surface area contributed by atoms with Crippen LogP contribution in [0.1, 0.15) is 0 Å². The Morgan fingerprint density at radius 1 is 0.500 bits per heavy atom. The van der Waals surface area contributed by atoms with Gasteiger partial charge in [0.25, 0.3) is 0 Å². The van der Waals surface area contributed by atoms with Gasteiger partial charge in [-0.3, -0.25) is 0 Å². The molecule has 0 aromatic rings. The molecular weight excluding hydrogens is 198 g/mol. The first-order chi connectivity index (χ1) is 0. The Balaban J connectivity index is 0. The average molecular weight is 198 g/mol. The fraction of sp³-hybridized carbons (Fsp3) is 0. The summed E-state index contributed by atoms with van der Waals surface area (Å²) in [7, 11) is 0. The van der Waals surface area contributed by atoms with Gasteiger partial charge in [-0.2, -0.15) is 0 Å². The fourth-order valence-electron chi connectivity index (χ4n) is 0. The van der Waals surface area contributed by atoms with E-state index in [9.17, 15) is 0 Å². The van der Waals surface area contributed by atoms with Gasteiger partial charge < -0.3 is 49.6 Å². The van der Waals surface area contributed by atoms with Crippen molar-refractivity contribution in [1.29, 1.82) is 0 Å². The van der Waals surface area contributed by atoms with E-state index in [1.165, 1.54) is 0 Å². The summed E-state index contributed by atoms with van der Waals surface area (Å²) in [6.07, 6.45) is 0. The number of rotatable bonds is 0. The minimum Gasteiger partial charge on any atom is -1.00 e. The summed E-state index contributed by atoms with van der Waals surface area (Å²) < 4.78 is 0. The van der Waals surface area contributed by atoms with Crippen LogP contribution in [0.25, 0.3) is 0 Å². The molecule has 36 valence electrons. The summed E-state index contributed by atoms with van der Waals surface area (Å²) in [5.41, 5.74) is 0. The first-order valence-corrected chi connectivity index (χ1v) is 0. The van der Waals surface area contributed by atoms with Crippen LogP contribution in [0.3, 0.4) is 0 Å². The van der Waals surface area contributed by atoms with Crippen molar-refractivity contribution in [2.75, 3.05) is 0 Å². The molecule has 0 saturated carbocycles. The molecule has 0 aromatic heterocycles. The Bertz CT molecular complexity index is 7.51. The van der Waals surface area contributed by atoms with Crippen molar-refractivity contribution in [2.45, 2.75) is 0 Å². The van der Waals surface area contributed by atoms with Crippen molar-refractivity contribution in [3.05, 3.63) is 0 Å². The third kappa shape index (κ3) is 32.6. The Morgan fingerprint density at radius 3 is 0.500 bits per heavy atom. The van der Waals surface area contributed by atoms with E-state index in [0.717, 1.165) is 0 Å². The molecule has 0 aliphatic carbocycles. The molecule has 0 fully saturated rings. The second-order valence-electron chi connectivity index (χ2n) is 0. The Morgan fingerprint density at radius 2 is 0.500 bits per heavy atom. The van der Waals surface area contributed by atoms with Crippen molar-refractivity contribution in [3.63, 3.8) is 0 Å². The van der Waals surface area contributed by atoms with Crippen LogP contribution in [0.4, 0.5) is 0 Å². The fourth-order valence-corrected chi connectivity index (χ4v) is 0. The van der Waals surface area contributed by atoms with Gasteiger partial charge in [0.1, 0.15) is 0 Å². The Hall–Kier alpha value is 2.38. The number of halogens is 4. The first-order valence-electron chi connectivity index (χ1n) is 0. The Labute approximate surface area is 91.6 Å². The molecule has 0 N–H and O–H groups in total. The molecule has 0 aliphatic heterocycles. The molecule has 0 atom stereocenters. The van der Waals surface area contributed by atoms with E-state index < -0.39 is 0 Å². The molecule has 0 aromatic carbocycles. The van der Waals surface area contributed by atoms with Gasteiger partial charge >= 0.3 is 43.2 Å². The summed E-state index contributed by atoms with van der Waals surface area (Å²) in [5, 5.41) is 0. The average Bonchev–Trinajstić information content (AvgIpc) is 0. The second-order valence-corrected chi connectivity index (χ2v) is 0. The minimum absolute atomic E-state index is 0. The van der Waals surface area contributed by atoms with E-state index in [1.54, 1.807) is 0 Å². The van der Waals surface area contributed by atoms with Crippen molar-refractivity contribution in [1.82, 2.24) is 0 Å². The van der Waals surface area contributed by atoms with Gasteiger partial charge in [-0.15, -0.1) is 0 Å². The van der Waals surface area contributed by atoms with Gasteiger partial charge in [0.2, 0.25) is 0 Å². The van der Waals surface area contributed by atoms with Crippen molar-refractivity contribution >= 4 is 37.7 Å². The maximum atomic E-state index is 0. The molecule has 6 heteroatoms. The first kappa shape index (κ1) is 80.6. The summed E-state index contributed by atoms with van der Waals surface area (Å²) in [5.74, 6) is 0. The molecule has 0 amide bonds. The number of hydrogen-bond acceptors (Lipinski definition) is 0. The predicted octanol–water partition coefficient (Wildman–Crippen LogP) is -12.5. The molecule has 0 spiro atoms. The van der Waals surface area contributed by atoms with Gasteiger partial charge in [0.05, 0.1) is 0 Å². The zero-order chi connectivity index (χ0) is 0. The van der Waals surface area contributed by atoms with E-state index in [4.69, 9.17) is 0 Å². The van der Waals surface area contributed by atoms with Gasteiger partial charge in [0.15, 0.2) is 0 Å².